The van der Waals surface area contributed by atoms with Gasteiger partial charge in [-0.15, -0.1) is 0 Å². The number of hydrogen-bond acceptors (Lipinski definition) is 2. The van der Waals surface area contributed by atoms with Crippen LogP contribution in [-0.4, -0.2) is 20.3 Å². The molecule has 1 aromatic carbocycles. The third-order valence-corrected chi connectivity index (χ3v) is 4.83. The van der Waals surface area contributed by atoms with Gasteiger partial charge in [-0.1, -0.05) is 30.7 Å². The number of nitrogens with one attached hydrogen (secondary N) is 1. The number of ether oxygens (including phenoxy) is 1. The highest BCUT2D eigenvalue weighted by Crippen LogP contribution is 2.37. The maximum Gasteiger partial charge on any atom is 0.0495 e. The lowest BCUT2D eigenvalue weighted by Gasteiger charge is -2.27. The number of hydrogen-bond donors (Lipinski definition) is 1. The molecule has 2 heteroatoms. The maximum atomic E-state index is 5.50. The Morgan fingerprint density at radius 3 is 2.84 bits per heavy atom. The molecule has 3 rings (SSSR count). The predicted molar refractivity (Wildman–Crippen MR) is 78.4 cm³/mol. The molecular weight excluding hydrogens is 234 g/mol. The molecule has 1 aliphatic carbocycles. The van der Waals surface area contributed by atoms with E-state index in [-0.39, 0.29) is 0 Å². The van der Waals surface area contributed by atoms with Gasteiger partial charge in [0.05, 0.1) is 0 Å². The SMILES string of the molecule is CNC(CC1CCOC1)c1cccc(C2CCC2)c1. The van der Waals surface area contributed by atoms with Crippen molar-refractivity contribution in [1.82, 2.24) is 5.32 Å². The summed E-state index contributed by atoms with van der Waals surface area (Å²) in [6, 6.07) is 9.73. The Bertz CT molecular complexity index is 407. The molecule has 1 heterocycles. The smallest absolute Gasteiger partial charge is 0.0495 e. The molecule has 2 unspecified atom stereocenters. The molecule has 1 aliphatic heterocycles. The van der Waals surface area contributed by atoms with Gasteiger partial charge in [0.1, 0.15) is 0 Å². The summed E-state index contributed by atoms with van der Waals surface area (Å²) in [4.78, 5) is 0. The van der Waals surface area contributed by atoms with Crippen molar-refractivity contribution < 1.29 is 4.74 Å². The first-order chi connectivity index (χ1) is 9.36. The summed E-state index contributed by atoms with van der Waals surface area (Å²) in [5, 5.41) is 3.49. The number of rotatable bonds is 5. The van der Waals surface area contributed by atoms with Crippen LogP contribution in [0, 0.1) is 5.92 Å². The zero-order chi connectivity index (χ0) is 13.1. The molecule has 0 radical (unpaired) electrons. The van der Waals surface area contributed by atoms with Gasteiger partial charge in [0.25, 0.3) is 0 Å². The van der Waals surface area contributed by atoms with Crippen molar-refractivity contribution in [3.8, 4) is 0 Å². The van der Waals surface area contributed by atoms with Gasteiger partial charge in [-0.25, -0.2) is 0 Å². The molecule has 104 valence electrons. The van der Waals surface area contributed by atoms with E-state index < -0.39 is 0 Å². The van der Waals surface area contributed by atoms with E-state index in [1.54, 1.807) is 5.56 Å². The zero-order valence-corrected chi connectivity index (χ0v) is 11.9. The van der Waals surface area contributed by atoms with Crippen molar-refractivity contribution in [3.05, 3.63) is 35.4 Å². The van der Waals surface area contributed by atoms with E-state index in [1.165, 1.54) is 37.7 Å². The Morgan fingerprint density at radius 1 is 1.32 bits per heavy atom. The summed E-state index contributed by atoms with van der Waals surface area (Å²) in [7, 11) is 2.08. The van der Waals surface area contributed by atoms with Crippen molar-refractivity contribution in [1.29, 1.82) is 0 Å². The van der Waals surface area contributed by atoms with Crippen molar-refractivity contribution in [2.45, 2.75) is 44.1 Å². The summed E-state index contributed by atoms with van der Waals surface area (Å²) < 4.78 is 5.50. The van der Waals surface area contributed by atoms with Gasteiger partial charge in [0.15, 0.2) is 0 Å². The molecule has 0 amide bonds. The lowest BCUT2D eigenvalue weighted by Crippen LogP contribution is -2.20. The largest absolute Gasteiger partial charge is 0.381 e. The topological polar surface area (TPSA) is 21.3 Å². The van der Waals surface area contributed by atoms with Crippen LogP contribution in [0.4, 0.5) is 0 Å². The highest BCUT2D eigenvalue weighted by atomic mass is 16.5. The third kappa shape index (κ3) is 3.01. The second-order valence-electron chi connectivity index (χ2n) is 6.10. The van der Waals surface area contributed by atoms with Crippen molar-refractivity contribution in [2.75, 3.05) is 20.3 Å². The summed E-state index contributed by atoms with van der Waals surface area (Å²) in [5.41, 5.74) is 3.01. The summed E-state index contributed by atoms with van der Waals surface area (Å²) >= 11 is 0. The van der Waals surface area contributed by atoms with Crippen LogP contribution >= 0.6 is 0 Å². The van der Waals surface area contributed by atoms with E-state index in [0.29, 0.717) is 6.04 Å². The standard InChI is InChI=1S/C17H25NO/c1-18-17(10-13-8-9-19-12-13)16-7-3-6-15(11-16)14-4-2-5-14/h3,6-7,11,13-14,17-18H,2,4-5,8-10,12H2,1H3. The molecule has 1 N–H and O–H groups in total. The Balaban J connectivity index is 1.70. The highest BCUT2D eigenvalue weighted by molar-refractivity contribution is 5.29. The molecule has 2 nitrogen and oxygen atoms in total. The first-order valence-electron chi connectivity index (χ1n) is 7.71. The summed E-state index contributed by atoms with van der Waals surface area (Å²) in [5.74, 6) is 1.55. The fourth-order valence-electron chi connectivity index (χ4n) is 3.29. The zero-order valence-electron chi connectivity index (χ0n) is 11.9. The van der Waals surface area contributed by atoms with Gasteiger partial charge in [0.2, 0.25) is 0 Å². The average Bonchev–Trinajstić information content (AvgIpc) is 2.87. The Morgan fingerprint density at radius 2 is 2.21 bits per heavy atom. The monoisotopic (exact) mass is 259 g/mol. The Hall–Kier alpha value is -0.860. The van der Waals surface area contributed by atoms with Gasteiger partial charge in [-0.05, 0) is 55.7 Å². The molecule has 2 aliphatic rings. The van der Waals surface area contributed by atoms with E-state index in [9.17, 15) is 0 Å². The van der Waals surface area contributed by atoms with E-state index in [4.69, 9.17) is 4.74 Å². The lowest BCUT2D eigenvalue weighted by molar-refractivity contribution is 0.181. The molecule has 0 bridgehead atoms. The van der Waals surface area contributed by atoms with E-state index in [0.717, 1.165) is 25.0 Å². The second-order valence-corrected chi connectivity index (χ2v) is 6.10. The molecule has 19 heavy (non-hydrogen) atoms. The van der Waals surface area contributed by atoms with Crippen LogP contribution in [0.2, 0.25) is 0 Å². The van der Waals surface area contributed by atoms with Crippen molar-refractivity contribution >= 4 is 0 Å². The van der Waals surface area contributed by atoms with Crippen LogP contribution in [-0.2, 0) is 4.74 Å². The molecule has 0 spiro atoms. The van der Waals surface area contributed by atoms with Gasteiger partial charge < -0.3 is 10.1 Å². The fraction of sp³-hybridized carbons (Fsp3) is 0.647. The first-order valence-corrected chi connectivity index (χ1v) is 7.71. The average molecular weight is 259 g/mol. The van der Waals surface area contributed by atoms with E-state index >= 15 is 0 Å². The summed E-state index contributed by atoms with van der Waals surface area (Å²) in [6.07, 6.45) is 6.59. The molecular formula is C17H25NO. The van der Waals surface area contributed by atoms with Gasteiger partial charge in [-0.2, -0.15) is 0 Å². The Kier molecular flexibility index (Phi) is 4.19. The van der Waals surface area contributed by atoms with Crippen LogP contribution < -0.4 is 5.32 Å². The molecule has 1 aromatic rings. The van der Waals surface area contributed by atoms with E-state index in [2.05, 4.69) is 36.6 Å². The summed E-state index contributed by atoms with van der Waals surface area (Å²) in [6.45, 7) is 1.89. The minimum Gasteiger partial charge on any atom is -0.381 e. The van der Waals surface area contributed by atoms with Gasteiger partial charge >= 0.3 is 0 Å². The highest BCUT2D eigenvalue weighted by Gasteiger charge is 2.23. The van der Waals surface area contributed by atoms with Gasteiger partial charge in [0, 0.05) is 19.3 Å². The quantitative estimate of drug-likeness (QED) is 0.871. The molecule has 2 fully saturated rings. The van der Waals surface area contributed by atoms with Crippen LogP contribution in [0.3, 0.4) is 0 Å². The molecule has 1 saturated heterocycles. The van der Waals surface area contributed by atoms with Gasteiger partial charge in [-0.3, -0.25) is 0 Å². The fourth-order valence-corrected chi connectivity index (χ4v) is 3.29. The first kappa shape index (κ1) is 13.1. The minimum atomic E-state index is 0.478. The van der Waals surface area contributed by atoms with E-state index in [1.807, 2.05) is 0 Å². The molecule has 1 saturated carbocycles. The minimum absolute atomic E-state index is 0.478. The second kappa shape index (κ2) is 6.06. The molecule has 0 aromatic heterocycles. The molecule has 2 atom stereocenters. The van der Waals surface area contributed by atoms with Crippen LogP contribution in [0.25, 0.3) is 0 Å². The van der Waals surface area contributed by atoms with Crippen molar-refractivity contribution in [2.24, 2.45) is 5.92 Å². The number of benzene rings is 1. The Labute approximate surface area is 116 Å². The van der Waals surface area contributed by atoms with Crippen LogP contribution in [0.15, 0.2) is 24.3 Å². The normalized spacial score (nSPS) is 25.2. The predicted octanol–water partition coefficient (Wildman–Crippen LogP) is 3.64. The lowest BCUT2D eigenvalue weighted by atomic mass is 9.79. The van der Waals surface area contributed by atoms with Crippen LogP contribution in [0.1, 0.15) is 55.2 Å². The maximum absolute atomic E-state index is 5.50. The third-order valence-electron chi connectivity index (χ3n) is 4.83. The van der Waals surface area contributed by atoms with Crippen molar-refractivity contribution in [3.63, 3.8) is 0 Å². The van der Waals surface area contributed by atoms with Crippen LogP contribution in [0.5, 0.6) is 0 Å².